The summed E-state index contributed by atoms with van der Waals surface area (Å²) in [4.78, 5) is 4.17. The Balaban J connectivity index is 1.36. The van der Waals surface area contributed by atoms with Gasteiger partial charge in [-0.1, -0.05) is 42.8 Å². The van der Waals surface area contributed by atoms with E-state index in [0.29, 0.717) is 6.04 Å². The Hall–Kier alpha value is -2.23. The van der Waals surface area contributed by atoms with Crippen LogP contribution in [0.25, 0.3) is 10.8 Å². The summed E-state index contributed by atoms with van der Waals surface area (Å²) in [5.41, 5.74) is 9.70. The summed E-state index contributed by atoms with van der Waals surface area (Å²) in [6, 6.07) is 18.1. The molecule has 3 aromatic rings. The molecule has 0 fully saturated rings. The van der Waals surface area contributed by atoms with Crippen molar-refractivity contribution in [3.63, 3.8) is 0 Å². The van der Waals surface area contributed by atoms with Crippen LogP contribution in [0.3, 0.4) is 0 Å². The van der Waals surface area contributed by atoms with E-state index >= 15 is 0 Å². The van der Waals surface area contributed by atoms with Gasteiger partial charge in [-0.25, -0.2) is 0 Å². The summed E-state index contributed by atoms with van der Waals surface area (Å²) in [7, 11) is 0. The molecule has 0 radical (unpaired) electrons. The molecule has 3 heteroatoms. The van der Waals surface area contributed by atoms with Crippen LogP contribution in [0.15, 0.2) is 60.9 Å². The molecule has 0 aliphatic carbocycles. The third kappa shape index (κ3) is 6.16. The molecule has 2 aromatic carbocycles. The number of nitrogens with one attached hydrogen (secondary N) is 1. The van der Waals surface area contributed by atoms with Crippen LogP contribution in [0.1, 0.15) is 42.9 Å². The molecule has 0 aliphatic heterocycles. The standard InChI is InChI=1S/C24H31N3/c1-19(4-2-3-5-20-6-8-21(9-7-20)12-14-25)27-17-22-10-11-24-18-26-15-13-23(24)16-22/h6-11,13,15-16,18-19,27H,2-5,12,14,17,25H2,1H3/t19-/m1/s1. The van der Waals surface area contributed by atoms with E-state index in [-0.39, 0.29) is 0 Å². The number of aryl methyl sites for hydroxylation is 1. The number of nitrogens with zero attached hydrogens (tertiary/aromatic N) is 1. The van der Waals surface area contributed by atoms with Crippen molar-refractivity contribution in [3.05, 3.63) is 77.6 Å². The third-order valence-corrected chi connectivity index (χ3v) is 5.17. The minimum atomic E-state index is 0.532. The zero-order valence-corrected chi connectivity index (χ0v) is 16.3. The molecule has 0 saturated heterocycles. The van der Waals surface area contributed by atoms with Crippen molar-refractivity contribution in [1.82, 2.24) is 10.3 Å². The third-order valence-electron chi connectivity index (χ3n) is 5.17. The monoisotopic (exact) mass is 361 g/mol. The largest absolute Gasteiger partial charge is 0.330 e. The first-order chi connectivity index (χ1) is 13.2. The predicted octanol–water partition coefficient (Wildman–Crippen LogP) is 4.63. The maximum Gasteiger partial charge on any atom is 0.0346 e. The van der Waals surface area contributed by atoms with Crippen LogP contribution in [0, 0.1) is 0 Å². The van der Waals surface area contributed by atoms with Crippen LogP contribution in [-0.2, 0) is 19.4 Å². The van der Waals surface area contributed by atoms with Crippen molar-refractivity contribution in [2.24, 2.45) is 5.73 Å². The fourth-order valence-corrected chi connectivity index (χ4v) is 3.46. The Bertz CT molecular complexity index is 826. The van der Waals surface area contributed by atoms with E-state index in [2.05, 4.69) is 65.8 Å². The Labute approximate surface area is 163 Å². The lowest BCUT2D eigenvalue weighted by Gasteiger charge is -2.14. The summed E-state index contributed by atoms with van der Waals surface area (Å²) in [5.74, 6) is 0. The minimum Gasteiger partial charge on any atom is -0.330 e. The molecule has 3 nitrogen and oxygen atoms in total. The summed E-state index contributed by atoms with van der Waals surface area (Å²) < 4.78 is 0. The zero-order valence-electron chi connectivity index (χ0n) is 16.3. The maximum absolute atomic E-state index is 5.60. The van der Waals surface area contributed by atoms with Gasteiger partial charge in [0.1, 0.15) is 0 Å². The van der Waals surface area contributed by atoms with E-state index < -0.39 is 0 Å². The number of nitrogens with two attached hydrogens (primary N) is 1. The molecule has 0 aliphatic rings. The van der Waals surface area contributed by atoms with Crippen LogP contribution < -0.4 is 11.1 Å². The van der Waals surface area contributed by atoms with E-state index in [4.69, 9.17) is 5.73 Å². The van der Waals surface area contributed by atoms with Crippen molar-refractivity contribution in [2.45, 2.75) is 51.6 Å². The number of rotatable bonds is 10. The Morgan fingerprint density at radius 3 is 2.41 bits per heavy atom. The molecule has 3 rings (SSSR count). The molecule has 0 bridgehead atoms. The van der Waals surface area contributed by atoms with Gasteiger partial charge in [-0.3, -0.25) is 4.98 Å². The number of hydrogen-bond donors (Lipinski definition) is 2. The molecular formula is C24H31N3. The predicted molar refractivity (Wildman–Crippen MR) is 115 cm³/mol. The van der Waals surface area contributed by atoms with Gasteiger partial charge in [-0.05, 0) is 73.4 Å². The van der Waals surface area contributed by atoms with Gasteiger partial charge < -0.3 is 11.1 Å². The molecule has 0 saturated carbocycles. The van der Waals surface area contributed by atoms with Crippen LogP contribution in [-0.4, -0.2) is 17.6 Å². The fraction of sp³-hybridized carbons (Fsp3) is 0.375. The summed E-state index contributed by atoms with van der Waals surface area (Å²) in [5, 5.41) is 6.11. The Kier molecular flexibility index (Phi) is 7.37. The number of hydrogen-bond acceptors (Lipinski definition) is 3. The smallest absolute Gasteiger partial charge is 0.0346 e. The highest BCUT2D eigenvalue weighted by Gasteiger charge is 2.03. The Morgan fingerprint density at radius 1 is 0.889 bits per heavy atom. The molecule has 0 spiro atoms. The molecule has 0 amide bonds. The number of benzene rings is 2. The highest BCUT2D eigenvalue weighted by atomic mass is 14.9. The second-order valence-corrected chi connectivity index (χ2v) is 7.44. The number of fused-ring (bicyclic) bond motifs is 1. The Morgan fingerprint density at radius 2 is 1.63 bits per heavy atom. The molecule has 0 unspecified atom stereocenters. The molecule has 27 heavy (non-hydrogen) atoms. The topological polar surface area (TPSA) is 50.9 Å². The van der Waals surface area contributed by atoms with Crippen LogP contribution in [0.5, 0.6) is 0 Å². The quantitative estimate of drug-likeness (QED) is 0.518. The average Bonchev–Trinajstić information content (AvgIpc) is 2.71. The van der Waals surface area contributed by atoms with E-state index in [9.17, 15) is 0 Å². The van der Waals surface area contributed by atoms with Gasteiger partial charge in [0, 0.05) is 30.4 Å². The summed E-state index contributed by atoms with van der Waals surface area (Å²) >= 11 is 0. The first-order valence-electron chi connectivity index (χ1n) is 10.1. The van der Waals surface area contributed by atoms with Gasteiger partial charge in [0.15, 0.2) is 0 Å². The lowest BCUT2D eigenvalue weighted by atomic mass is 10.0. The molecule has 142 valence electrons. The van der Waals surface area contributed by atoms with Crippen LogP contribution in [0.4, 0.5) is 0 Å². The van der Waals surface area contributed by atoms with Gasteiger partial charge in [0.2, 0.25) is 0 Å². The first-order valence-corrected chi connectivity index (χ1v) is 10.1. The van der Waals surface area contributed by atoms with Crippen molar-refractivity contribution in [3.8, 4) is 0 Å². The van der Waals surface area contributed by atoms with Gasteiger partial charge in [0.25, 0.3) is 0 Å². The second kappa shape index (κ2) is 10.2. The summed E-state index contributed by atoms with van der Waals surface area (Å²) in [6.07, 6.45) is 9.61. The van der Waals surface area contributed by atoms with E-state index in [0.717, 1.165) is 25.9 Å². The van der Waals surface area contributed by atoms with E-state index in [1.54, 1.807) is 0 Å². The average molecular weight is 362 g/mol. The van der Waals surface area contributed by atoms with Crippen molar-refractivity contribution in [2.75, 3.05) is 6.54 Å². The zero-order chi connectivity index (χ0) is 18.9. The van der Waals surface area contributed by atoms with Gasteiger partial charge in [0.05, 0.1) is 0 Å². The number of pyridine rings is 1. The molecular weight excluding hydrogens is 330 g/mol. The molecule has 1 aromatic heterocycles. The summed E-state index contributed by atoms with van der Waals surface area (Å²) in [6.45, 7) is 3.93. The highest BCUT2D eigenvalue weighted by Crippen LogP contribution is 2.15. The molecule has 1 heterocycles. The number of aromatic nitrogens is 1. The second-order valence-electron chi connectivity index (χ2n) is 7.44. The lowest BCUT2D eigenvalue weighted by Crippen LogP contribution is -2.25. The number of unbranched alkanes of at least 4 members (excludes halogenated alkanes) is 1. The fourth-order valence-electron chi connectivity index (χ4n) is 3.46. The minimum absolute atomic E-state index is 0.532. The van der Waals surface area contributed by atoms with Gasteiger partial charge >= 0.3 is 0 Å². The van der Waals surface area contributed by atoms with Crippen molar-refractivity contribution < 1.29 is 0 Å². The SMILES string of the molecule is C[C@H](CCCCc1ccc(CCN)cc1)NCc1ccc2cnccc2c1. The highest BCUT2D eigenvalue weighted by molar-refractivity contribution is 5.81. The van der Waals surface area contributed by atoms with E-state index in [1.807, 2.05) is 12.4 Å². The first kappa shape index (κ1) is 19.5. The molecule has 1 atom stereocenters. The van der Waals surface area contributed by atoms with Crippen LogP contribution >= 0.6 is 0 Å². The van der Waals surface area contributed by atoms with Crippen LogP contribution in [0.2, 0.25) is 0 Å². The molecule has 3 N–H and O–H groups in total. The van der Waals surface area contributed by atoms with E-state index in [1.165, 1.54) is 46.7 Å². The maximum atomic E-state index is 5.60. The normalized spacial score (nSPS) is 12.4. The lowest BCUT2D eigenvalue weighted by molar-refractivity contribution is 0.489. The van der Waals surface area contributed by atoms with Gasteiger partial charge in [-0.15, -0.1) is 0 Å². The van der Waals surface area contributed by atoms with Gasteiger partial charge in [-0.2, -0.15) is 0 Å². The van der Waals surface area contributed by atoms with Crippen molar-refractivity contribution >= 4 is 10.8 Å². The van der Waals surface area contributed by atoms with Crippen molar-refractivity contribution in [1.29, 1.82) is 0 Å².